The first kappa shape index (κ1) is 21.1. The van der Waals surface area contributed by atoms with Gasteiger partial charge in [0.15, 0.2) is 6.61 Å². The second-order valence-corrected chi connectivity index (χ2v) is 7.66. The fraction of sp³-hybridized carbons (Fsp3) is 0.286. The molecule has 0 unspecified atom stereocenters. The Bertz CT molecular complexity index is 920. The second-order valence-electron chi connectivity index (χ2n) is 6.81. The number of nitrogens with zero attached hydrogens (tertiary/aromatic N) is 1. The van der Waals surface area contributed by atoms with E-state index >= 15 is 0 Å². The minimum absolute atomic E-state index is 0.0701. The van der Waals surface area contributed by atoms with E-state index < -0.39 is 24.4 Å². The van der Waals surface area contributed by atoms with Crippen molar-refractivity contribution in [1.29, 1.82) is 0 Å². The number of hydrogen-bond donors (Lipinski definition) is 1. The monoisotopic (exact) mass is 434 g/mol. The van der Waals surface area contributed by atoms with Crippen LogP contribution in [0.5, 0.6) is 0 Å². The number of hydrogen-bond acceptors (Lipinski definition) is 4. The Hall–Kier alpha value is -2.57. The van der Waals surface area contributed by atoms with Crippen molar-refractivity contribution < 1.29 is 19.1 Å². The van der Waals surface area contributed by atoms with Crippen molar-refractivity contribution in [1.82, 2.24) is 4.90 Å². The first-order chi connectivity index (χ1) is 13.8. The highest BCUT2D eigenvalue weighted by Gasteiger charge is 2.38. The minimum Gasteiger partial charge on any atom is -0.455 e. The SMILES string of the molecule is C[C@H](c1ccccc1)N1C[C@H](C(=O)OCC(=O)Nc2ccc(Cl)cc2Cl)CC1=O. The molecule has 2 aromatic carbocycles. The number of rotatable bonds is 6. The average molecular weight is 435 g/mol. The molecule has 8 heteroatoms. The zero-order chi connectivity index (χ0) is 21.0. The van der Waals surface area contributed by atoms with Gasteiger partial charge in [-0.3, -0.25) is 14.4 Å². The lowest BCUT2D eigenvalue weighted by Gasteiger charge is -2.25. The maximum atomic E-state index is 12.4. The second kappa shape index (κ2) is 9.29. The smallest absolute Gasteiger partial charge is 0.311 e. The molecule has 3 rings (SSSR count). The van der Waals surface area contributed by atoms with Crippen molar-refractivity contribution in [2.45, 2.75) is 19.4 Å². The first-order valence-electron chi connectivity index (χ1n) is 9.11. The molecule has 1 saturated heterocycles. The summed E-state index contributed by atoms with van der Waals surface area (Å²) >= 11 is 11.8. The molecule has 2 atom stereocenters. The molecule has 0 spiro atoms. The average Bonchev–Trinajstić information content (AvgIpc) is 3.10. The summed E-state index contributed by atoms with van der Waals surface area (Å²) in [6.07, 6.45) is 0.0701. The van der Waals surface area contributed by atoms with Crippen LogP contribution in [0, 0.1) is 5.92 Å². The molecular weight excluding hydrogens is 415 g/mol. The summed E-state index contributed by atoms with van der Waals surface area (Å²) in [4.78, 5) is 38.4. The predicted octanol–water partition coefficient (Wildman–Crippen LogP) is 4.08. The Morgan fingerprint density at radius 1 is 1.21 bits per heavy atom. The Morgan fingerprint density at radius 3 is 2.62 bits per heavy atom. The number of benzene rings is 2. The predicted molar refractivity (Wildman–Crippen MR) is 111 cm³/mol. The van der Waals surface area contributed by atoms with Gasteiger partial charge in [0, 0.05) is 18.0 Å². The number of esters is 1. The number of carbonyl (C=O) groups excluding carboxylic acids is 3. The van der Waals surface area contributed by atoms with E-state index in [-0.39, 0.29) is 29.9 Å². The van der Waals surface area contributed by atoms with Gasteiger partial charge in [-0.15, -0.1) is 0 Å². The molecule has 0 bridgehead atoms. The summed E-state index contributed by atoms with van der Waals surface area (Å²) in [7, 11) is 0. The summed E-state index contributed by atoms with van der Waals surface area (Å²) < 4.78 is 5.11. The van der Waals surface area contributed by atoms with E-state index in [0.717, 1.165) is 5.56 Å². The molecule has 1 aliphatic rings. The Kier molecular flexibility index (Phi) is 6.77. The number of ether oxygens (including phenoxy) is 1. The summed E-state index contributed by atoms with van der Waals surface area (Å²) in [5.41, 5.74) is 1.37. The highest BCUT2D eigenvalue weighted by atomic mass is 35.5. The van der Waals surface area contributed by atoms with Gasteiger partial charge in [-0.05, 0) is 30.7 Å². The maximum Gasteiger partial charge on any atom is 0.311 e. The van der Waals surface area contributed by atoms with Crippen LogP contribution in [0.4, 0.5) is 5.69 Å². The zero-order valence-electron chi connectivity index (χ0n) is 15.7. The Labute approximate surface area is 178 Å². The molecule has 0 aromatic heterocycles. The molecule has 6 nitrogen and oxygen atoms in total. The van der Waals surface area contributed by atoms with Crippen LogP contribution in [-0.4, -0.2) is 35.8 Å². The van der Waals surface area contributed by atoms with Gasteiger partial charge in [0.2, 0.25) is 5.91 Å². The molecule has 1 heterocycles. The third-order valence-corrected chi connectivity index (χ3v) is 5.34. The van der Waals surface area contributed by atoms with E-state index in [1.807, 2.05) is 37.3 Å². The number of amides is 2. The fourth-order valence-corrected chi connectivity index (χ4v) is 3.66. The van der Waals surface area contributed by atoms with Crippen LogP contribution in [0.15, 0.2) is 48.5 Å². The Morgan fingerprint density at radius 2 is 1.93 bits per heavy atom. The van der Waals surface area contributed by atoms with Crippen molar-refractivity contribution in [3.8, 4) is 0 Å². The van der Waals surface area contributed by atoms with Gasteiger partial charge >= 0.3 is 5.97 Å². The number of likely N-dealkylation sites (tertiary alicyclic amines) is 1. The van der Waals surface area contributed by atoms with Crippen molar-refractivity contribution in [2.75, 3.05) is 18.5 Å². The molecule has 1 aliphatic heterocycles. The summed E-state index contributed by atoms with van der Waals surface area (Å²) in [6.45, 7) is 1.72. The first-order valence-corrected chi connectivity index (χ1v) is 9.86. The summed E-state index contributed by atoms with van der Waals surface area (Å²) in [5.74, 6) is -1.80. The van der Waals surface area contributed by atoms with Crippen LogP contribution in [-0.2, 0) is 19.1 Å². The van der Waals surface area contributed by atoms with E-state index in [2.05, 4.69) is 5.32 Å². The summed E-state index contributed by atoms with van der Waals surface area (Å²) in [5, 5.41) is 3.28. The molecular formula is C21H20Cl2N2O4. The number of halogens is 2. The van der Waals surface area contributed by atoms with Crippen molar-refractivity contribution in [3.63, 3.8) is 0 Å². The standard InChI is InChI=1S/C21H20Cl2N2O4/c1-13(14-5-3-2-4-6-14)25-11-15(9-20(25)27)21(28)29-12-19(26)24-18-8-7-16(22)10-17(18)23/h2-8,10,13,15H,9,11-12H2,1H3,(H,24,26)/t13-,15-/m1/s1. The highest BCUT2D eigenvalue weighted by Crippen LogP contribution is 2.29. The van der Waals surface area contributed by atoms with Crippen LogP contribution in [0.25, 0.3) is 0 Å². The maximum absolute atomic E-state index is 12.4. The van der Waals surface area contributed by atoms with Crippen molar-refractivity contribution in [2.24, 2.45) is 5.92 Å². The molecule has 29 heavy (non-hydrogen) atoms. The Balaban J connectivity index is 1.52. The summed E-state index contributed by atoms with van der Waals surface area (Å²) in [6, 6.07) is 14.1. The van der Waals surface area contributed by atoms with Crippen molar-refractivity contribution in [3.05, 3.63) is 64.1 Å². The molecule has 0 radical (unpaired) electrons. The lowest BCUT2D eigenvalue weighted by molar-refractivity contribution is -0.151. The van der Waals surface area contributed by atoms with Gasteiger partial charge in [-0.25, -0.2) is 0 Å². The van der Waals surface area contributed by atoms with E-state index in [4.69, 9.17) is 27.9 Å². The van der Waals surface area contributed by atoms with E-state index in [0.29, 0.717) is 10.7 Å². The third kappa shape index (κ3) is 5.28. The number of carbonyl (C=O) groups is 3. The van der Waals surface area contributed by atoms with Crippen LogP contribution >= 0.6 is 23.2 Å². The van der Waals surface area contributed by atoms with Gasteiger partial charge in [-0.2, -0.15) is 0 Å². The largest absolute Gasteiger partial charge is 0.455 e. The van der Waals surface area contributed by atoms with Crippen LogP contribution in [0.3, 0.4) is 0 Å². The van der Waals surface area contributed by atoms with Crippen molar-refractivity contribution >= 4 is 46.7 Å². The van der Waals surface area contributed by atoms with E-state index in [1.165, 1.54) is 6.07 Å². The number of anilines is 1. The molecule has 0 saturated carbocycles. The van der Waals surface area contributed by atoms with Crippen LogP contribution in [0.2, 0.25) is 10.0 Å². The number of nitrogens with one attached hydrogen (secondary N) is 1. The molecule has 2 amide bonds. The van der Waals surface area contributed by atoms with Gasteiger partial charge in [0.1, 0.15) is 0 Å². The molecule has 1 fully saturated rings. The van der Waals surface area contributed by atoms with Gasteiger partial charge in [0.05, 0.1) is 22.7 Å². The van der Waals surface area contributed by atoms with Gasteiger partial charge < -0.3 is 15.0 Å². The molecule has 1 N–H and O–H groups in total. The molecule has 2 aromatic rings. The fourth-order valence-electron chi connectivity index (χ4n) is 3.21. The minimum atomic E-state index is -0.597. The van der Waals surface area contributed by atoms with Gasteiger partial charge in [-0.1, -0.05) is 53.5 Å². The van der Waals surface area contributed by atoms with E-state index in [1.54, 1.807) is 17.0 Å². The lowest BCUT2D eigenvalue weighted by Crippen LogP contribution is -2.30. The topological polar surface area (TPSA) is 75.7 Å². The normalized spacial score (nSPS) is 17.1. The highest BCUT2D eigenvalue weighted by molar-refractivity contribution is 6.36. The molecule has 152 valence electrons. The quantitative estimate of drug-likeness (QED) is 0.694. The third-order valence-electron chi connectivity index (χ3n) is 4.79. The van der Waals surface area contributed by atoms with E-state index in [9.17, 15) is 14.4 Å². The van der Waals surface area contributed by atoms with Gasteiger partial charge in [0.25, 0.3) is 5.91 Å². The molecule has 0 aliphatic carbocycles. The van der Waals surface area contributed by atoms with Crippen LogP contribution < -0.4 is 5.32 Å². The lowest BCUT2D eigenvalue weighted by atomic mass is 10.1. The zero-order valence-corrected chi connectivity index (χ0v) is 17.2. The van der Waals surface area contributed by atoms with Crippen LogP contribution in [0.1, 0.15) is 24.9 Å².